The van der Waals surface area contributed by atoms with Gasteiger partial charge in [-0.15, -0.1) is 11.3 Å². The smallest absolute Gasteiger partial charge is 0.282 e. The number of amides is 2. The van der Waals surface area contributed by atoms with Gasteiger partial charge in [-0.25, -0.2) is 15.0 Å². The van der Waals surface area contributed by atoms with Crippen LogP contribution < -0.4 is 0 Å². The highest BCUT2D eigenvalue weighted by molar-refractivity contribution is 7.11. The fraction of sp³-hybridized carbons (Fsp3) is 0.318. The molecule has 2 aromatic heterocycles. The minimum Gasteiger partial charge on any atom is -0.335 e. The number of nitrogens with zero attached hydrogens (tertiary/aromatic N) is 6. The fourth-order valence-corrected chi connectivity index (χ4v) is 4.64. The van der Waals surface area contributed by atoms with Crippen molar-refractivity contribution in [2.75, 3.05) is 39.3 Å². The first-order valence-corrected chi connectivity index (χ1v) is 11.1. The summed E-state index contributed by atoms with van der Waals surface area (Å²) in [6.07, 6.45) is 6.68. The Hall–Kier alpha value is -3.17. The molecule has 0 aliphatic carbocycles. The number of hydrogen-bond donors (Lipinski definition) is 0. The van der Waals surface area contributed by atoms with Crippen molar-refractivity contribution >= 4 is 23.2 Å². The molecule has 3 aromatic rings. The molecule has 4 heterocycles. The molecule has 2 aliphatic heterocycles. The summed E-state index contributed by atoms with van der Waals surface area (Å²) in [5.74, 6) is 0.0790. The van der Waals surface area contributed by atoms with Crippen molar-refractivity contribution < 1.29 is 9.59 Å². The molecule has 0 bridgehead atoms. The Morgan fingerprint density at radius 3 is 2.23 bits per heavy atom. The average Bonchev–Trinajstić information content (AvgIpc) is 3.34. The van der Waals surface area contributed by atoms with Crippen LogP contribution in [0, 0.1) is 0 Å². The highest BCUT2D eigenvalue weighted by atomic mass is 32.1. The maximum Gasteiger partial charge on any atom is 0.282 e. The Balaban J connectivity index is 1.12. The molecule has 1 aromatic carbocycles. The van der Waals surface area contributed by atoms with E-state index in [4.69, 9.17) is 0 Å². The topological polar surface area (TPSA) is 82.5 Å². The predicted octanol–water partition coefficient (Wildman–Crippen LogP) is 1.88. The van der Waals surface area contributed by atoms with E-state index in [1.807, 2.05) is 39.4 Å². The molecule has 0 saturated carbocycles. The lowest BCUT2D eigenvalue weighted by molar-refractivity contribution is 0.00853. The molecule has 158 valence electrons. The first-order chi connectivity index (χ1) is 15.2. The van der Waals surface area contributed by atoms with Crippen molar-refractivity contribution in [1.29, 1.82) is 0 Å². The second-order valence-electron chi connectivity index (χ2n) is 7.73. The molecule has 2 saturated heterocycles. The van der Waals surface area contributed by atoms with Crippen molar-refractivity contribution in [2.45, 2.75) is 6.04 Å². The lowest BCUT2D eigenvalue weighted by Crippen LogP contribution is -2.64. The van der Waals surface area contributed by atoms with Gasteiger partial charge in [-0.05, 0) is 17.7 Å². The Labute approximate surface area is 184 Å². The van der Waals surface area contributed by atoms with E-state index in [1.165, 1.54) is 17.7 Å². The van der Waals surface area contributed by atoms with E-state index in [0.29, 0.717) is 29.7 Å². The summed E-state index contributed by atoms with van der Waals surface area (Å²) < 4.78 is 0. The number of carbonyl (C=O) groups excluding carboxylic acids is 2. The quantitative estimate of drug-likeness (QED) is 0.624. The predicted molar refractivity (Wildman–Crippen MR) is 117 cm³/mol. The minimum absolute atomic E-state index is 0.0191. The largest absolute Gasteiger partial charge is 0.335 e. The van der Waals surface area contributed by atoms with Crippen LogP contribution >= 0.6 is 11.3 Å². The van der Waals surface area contributed by atoms with Crippen LogP contribution in [-0.4, -0.2) is 86.8 Å². The van der Waals surface area contributed by atoms with E-state index < -0.39 is 0 Å². The minimum atomic E-state index is 0.0191. The van der Waals surface area contributed by atoms with Crippen LogP contribution in [0.3, 0.4) is 0 Å². The number of likely N-dealkylation sites (tertiary alicyclic amines) is 1. The van der Waals surface area contributed by atoms with Gasteiger partial charge in [0.2, 0.25) is 0 Å². The van der Waals surface area contributed by atoms with E-state index in [-0.39, 0.29) is 11.8 Å². The van der Waals surface area contributed by atoms with Crippen molar-refractivity contribution in [3.8, 4) is 11.1 Å². The molecule has 0 unspecified atom stereocenters. The van der Waals surface area contributed by atoms with Crippen LogP contribution in [0.5, 0.6) is 0 Å². The maximum atomic E-state index is 12.8. The molecule has 0 N–H and O–H groups in total. The standard InChI is InChI=1S/C22H22N6O2S/c29-21(17-3-1-16(2-4-17)18-11-23-15-24-12-18)28-13-19(14-28)26-6-8-27(9-7-26)22(30)20-25-5-10-31-20/h1-5,10-12,15,19H,6-9,13-14H2. The van der Waals surface area contributed by atoms with E-state index in [1.54, 1.807) is 18.6 Å². The summed E-state index contributed by atoms with van der Waals surface area (Å²) in [7, 11) is 0. The highest BCUT2D eigenvalue weighted by Crippen LogP contribution is 2.22. The average molecular weight is 435 g/mol. The van der Waals surface area contributed by atoms with Gasteiger partial charge in [0.1, 0.15) is 6.33 Å². The van der Waals surface area contributed by atoms with Gasteiger partial charge in [0.05, 0.1) is 0 Å². The van der Waals surface area contributed by atoms with Crippen molar-refractivity contribution in [3.05, 3.63) is 65.1 Å². The van der Waals surface area contributed by atoms with E-state index >= 15 is 0 Å². The van der Waals surface area contributed by atoms with Crippen molar-refractivity contribution in [2.24, 2.45) is 0 Å². The molecule has 0 atom stereocenters. The zero-order valence-electron chi connectivity index (χ0n) is 16.9. The zero-order chi connectivity index (χ0) is 21.2. The van der Waals surface area contributed by atoms with Gasteiger partial charge in [0.25, 0.3) is 11.8 Å². The van der Waals surface area contributed by atoms with E-state index in [0.717, 1.165) is 37.3 Å². The van der Waals surface area contributed by atoms with Crippen LogP contribution in [0.15, 0.2) is 54.6 Å². The van der Waals surface area contributed by atoms with E-state index in [9.17, 15) is 9.59 Å². The van der Waals surface area contributed by atoms with Gasteiger partial charge in [0.15, 0.2) is 5.01 Å². The Morgan fingerprint density at radius 2 is 1.58 bits per heavy atom. The summed E-state index contributed by atoms with van der Waals surface area (Å²) in [5.41, 5.74) is 2.61. The monoisotopic (exact) mass is 434 g/mol. The van der Waals surface area contributed by atoms with Crippen molar-refractivity contribution in [3.63, 3.8) is 0 Å². The molecular formula is C22H22N6O2S. The number of aromatic nitrogens is 3. The summed E-state index contributed by atoms with van der Waals surface area (Å²) in [6.45, 7) is 4.53. The van der Waals surface area contributed by atoms with Crippen LogP contribution in [0.25, 0.3) is 11.1 Å². The summed E-state index contributed by atoms with van der Waals surface area (Å²) in [4.78, 5) is 43.6. The van der Waals surface area contributed by atoms with Gasteiger partial charge < -0.3 is 9.80 Å². The molecular weight excluding hydrogens is 412 g/mol. The highest BCUT2D eigenvalue weighted by Gasteiger charge is 2.37. The van der Waals surface area contributed by atoms with Gasteiger partial charge in [-0.2, -0.15) is 0 Å². The van der Waals surface area contributed by atoms with Crippen molar-refractivity contribution in [1.82, 2.24) is 29.7 Å². The van der Waals surface area contributed by atoms with Gasteiger partial charge in [0, 0.05) is 80.4 Å². The number of hydrogen-bond acceptors (Lipinski definition) is 7. The van der Waals surface area contributed by atoms with Crippen LogP contribution in [0.2, 0.25) is 0 Å². The number of carbonyl (C=O) groups is 2. The third kappa shape index (κ3) is 4.06. The molecule has 2 fully saturated rings. The molecule has 2 aliphatic rings. The number of piperazine rings is 1. The molecule has 2 amide bonds. The second-order valence-corrected chi connectivity index (χ2v) is 8.63. The SMILES string of the molecule is O=C(c1ccc(-c2cncnc2)cc1)N1CC(N2CCN(C(=O)c3nccs3)CC2)C1. The Bertz CT molecular complexity index is 1040. The number of benzene rings is 1. The Morgan fingerprint density at radius 1 is 0.871 bits per heavy atom. The summed E-state index contributed by atoms with van der Waals surface area (Å²) in [6, 6.07) is 7.95. The second kappa shape index (κ2) is 8.52. The Kier molecular flexibility index (Phi) is 5.44. The fourth-order valence-electron chi connectivity index (χ4n) is 4.04. The third-order valence-corrected chi connectivity index (χ3v) is 6.67. The van der Waals surface area contributed by atoms with E-state index in [2.05, 4.69) is 19.9 Å². The number of rotatable bonds is 4. The molecule has 0 spiro atoms. The van der Waals surface area contributed by atoms with Crippen LogP contribution in [0.1, 0.15) is 20.2 Å². The van der Waals surface area contributed by atoms with Gasteiger partial charge >= 0.3 is 0 Å². The lowest BCUT2D eigenvalue weighted by atomic mass is 10.0. The molecule has 9 heteroatoms. The molecule has 5 rings (SSSR count). The zero-order valence-corrected chi connectivity index (χ0v) is 17.7. The number of thiazole rings is 1. The summed E-state index contributed by atoms with van der Waals surface area (Å²) in [5, 5.41) is 2.38. The van der Waals surface area contributed by atoms with Gasteiger partial charge in [-0.1, -0.05) is 12.1 Å². The van der Waals surface area contributed by atoms with Gasteiger partial charge in [-0.3, -0.25) is 14.5 Å². The van der Waals surface area contributed by atoms with Crippen LogP contribution in [-0.2, 0) is 0 Å². The maximum absolute atomic E-state index is 12.8. The molecule has 8 nitrogen and oxygen atoms in total. The van der Waals surface area contributed by atoms with Crippen LogP contribution in [0.4, 0.5) is 0 Å². The molecule has 0 radical (unpaired) electrons. The third-order valence-electron chi connectivity index (χ3n) is 5.91. The first kappa shape index (κ1) is 19.8. The first-order valence-electron chi connectivity index (χ1n) is 10.3. The lowest BCUT2D eigenvalue weighted by Gasteiger charge is -2.48. The normalized spacial score (nSPS) is 17.4. The summed E-state index contributed by atoms with van der Waals surface area (Å²) >= 11 is 1.38. The molecule has 31 heavy (non-hydrogen) atoms.